The van der Waals surface area contributed by atoms with Crippen LogP contribution in [0.4, 0.5) is 24.9 Å². The molecule has 39 heavy (non-hydrogen) atoms. The highest BCUT2D eigenvalue weighted by atomic mass is 32.2. The summed E-state index contributed by atoms with van der Waals surface area (Å²) in [4.78, 5) is 15.1. The van der Waals surface area contributed by atoms with Crippen LogP contribution >= 0.6 is 11.8 Å². The fourth-order valence-corrected chi connectivity index (χ4v) is 5.43. The van der Waals surface area contributed by atoms with E-state index in [-0.39, 0.29) is 17.8 Å². The molecule has 1 aliphatic rings. The van der Waals surface area contributed by atoms with E-state index >= 15 is 0 Å². The van der Waals surface area contributed by atoms with Crippen molar-refractivity contribution in [3.8, 4) is 5.75 Å². The summed E-state index contributed by atoms with van der Waals surface area (Å²) in [6, 6.07) is 5.12. The summed E-state index contributed by atoms with van der Waals surface area (Å²) in [6.07, 6.45) is 0.0589. The van der Waals surface area contributed by atoms with E-state index < -0.39 is 22.9 Å². The van der Waals surface area contributed by atoms with Crippen molar-refractivity contribution >= 4 is 39.4 Å². The zero-order valence-electron chi connectivity index (χ0n) is 22.5. The van der Waals surface area contributed by atoms with Gasteiger partial charge in [-0.25, -0.2) is 19.2 Å². The first-order valence-electron chi connectivity index (χ1n) is 12.7. The summed E-state index contributed by atoms with van der Waals surface area (Å²) in [5.74, 6) is 0.221. The van der Waals surface area contributed by atoms with Crippen molar-refractivity contribution in [2.45, 2.75) is 59.2 Å². The number of pyridine rings is 1. The molecule has 1 saturated heterocycles. The highest BCUT2D eigenvalue weighted by Gasteiger charge is 2.31. The topological polar surface area (TPSA) is 101 Å². The van der Waals surface area contributed by atoms with E-state index in [9.17, 15) is 17.4 Å². The molecule has 3 unspecified atom stereocenters. The first-order valence-corrected chi connectivity index (χ1v) is 14.8. The standard InChI is InChI=1S/C26H35F3N6O2S2/c1-6-17(4)23(37-21-9-10-22(32-18(21)5)35-39(36)15-26(27,28)29)24(38-16(2)3)20-11-13-31-25(34-20)33-19-8-7-12-30-14-19/h9-11,13,17,19,30H,2,6-8,12,14-15H2,1,3-5H3,(H,32,35)(H,31,33,34)/b24-23+. The number of thioether (sulfide) groups is 1. The van der Waals surface area contributed by atoms with Gasteiger partial charge in [0, 0.05) is 24.7 Å². The quantitative estimate of drug-likeness (QED) is 0.260. The number of piperidine rings is 1. The average Bonchev–Trinajstić information content (AvgIpc) is 2.86. The summed E-state index contributed by atoms with van der Waals surface area (Å²) < 4.78 is 58.2. The summed E-state index contributed by atoms with van der Waals surface area (Å²) in [5.41, 5.74) is 1.12. The van der Waals surface area contributed by atoms with Gasteiger partial charge in [0.15, 0.2) is 0 Å². The second-order valence-corrected chi connectivity index (χ2v) is 11.8. The molecule has 214 valence electrons. The van der Waals surface area contributed by atoms with Crippen molar-refractivity contribution in [3.63, 3.8) is 0 Å². The van der Waals surface area contributed by atoms with E-state index in [0.29, 0.717) is 28.8 Å². The minimum absolute atomic E-state index is 0.00254. The van der Waals surface area contributed by atoms with E-state index in [0.717, 1.165) is 42.2 Å². The lowest BCUT2D eigenvalue weighted by Crippen LogP contribution is -2.38. The number of nitrogens with zero attached hydrogens (tertiary/aromatic N) is 3. The lowest BCUT2D eigenvalue weighted by Gasteiger charge is -2.24. The predicted molar refractivity (Wildman–Crippen MR) is 153 cm³/mol. The summed E-state index contributed by atoms with van der Waals surface area (Å²) in [7, 11) is -2.34. The van der Waals surface area contributed by atoms with Crippen LogP contribution in [0.3, 0.4) is 0 Å². The number of ether oxygens (including phenoxy) is 1. The van der Waals surface area contributed by atoms with E-state index in [1.807, 2.05) is 26.8 Å². The predicted octanol–water partition coefficient (Wildman–Crippen LogP) is 6.04. The Balaban J connectivity index is 1.93. The molecule has 0 amide bonds. The van der Waals surface area contributed by atoms with Crippen molar-refractivity contribution in [2.75, 3.05) is 28.9 Å². The van der Waals surface area contributed by atoms with E-state index in [2.05, 4.69) is 31.9 Å². The van der Waals surface area contributed by atoms with Gasteiger partial charge < -0.3 is 15.4 Å². The van der Waals surface area contributed by atoms with Crippen molar-refractivity contribution < 1.29 is 22.1 Å². The molecule has 2 aromatic heterocycles. The molecule has 1 fully saturated rings. The molecule has 0 bridgehead atoms. The van der Waals surface area contributed by atoms with Gasteiger partial charge in [0.1, 0.15) is 34.1 Å². The zero-order chi connectivity index (χ0) is 28.6. The molecular formula is C26H35F3N6O2S2. The van der Waals surface area contributed by atoms with Crippen LogP contribution in [0, 0.1) is 12.8 Å². The third-order valence-electron chi connectivity index (χ3n) is 5.85. The van der Waals surface area contributed by atoms with Crippen LogP contribution in [0.5, 0.6) is 5.75 Å². The van der Waals surface area contributed by atoms with Gasteiger partial charge >= 0.3 is 6.18 Å². The van der Waals surface area contributed by atoms with Gasteiger partial charge in [0.25, 0.3) is 0 Å². The van der Waals surface area contributed by atoms with Gasteiger partial charge in [0.2, 0.25) is 5.95 Å². The van der Waals surface area contributed by atoms with E-state index in [1.165, 1.54) is 17.8 Å². The molecule has 0 radical (unpaired) electrons. The highest BCUT2D eigenvalue weighted by Crippen LogP contribution is 2.39. The Hall–Kier alpha value is -2.64. The minimum atomic E-state index is -4.55. The zero-order valence-corrected chi connectivity index (χ0v) is 24.2. The lowest BCUT2D eigenvalue weighted by atomic mass is 10.1. The largest absolute Gasteiger partial charge is 0.458 e. The molecule has 2 aromatic rings. The van der Waals surface area contributed by atoms with Gasteiger partial charge in [-0.1, -0.05) is 32.2 Å². The van der Waals surface area contributed by atoms with Crippen LogP contribution in [0.1, 0.15) is 51.4 Å². The Morgan fingerprint density at radius 3 is 2.72 bits per heavy atom. The van der Waals surface area contributed by atoms with Crippen LogP contribution in [-0.2, 0) is 11.0 Å². The number of aromatic nitrogens is 3. The second kappa shape index (κ2) is 14.1. The van der Waals surface area contributed by atoms with Crippen LogP contribution in [0.15, 0.2) is 41.6 Å². The SMILES string of the molecule is C=C(C)S/C(=C(/Oc1ccc(NS(=O)CC(F)(F)F)nc1C)C(C)CC)c1ccnc(NC2CCCNC2)n1. The number of hydrogen-bond donors (Lipinski definition) is 3. The van der Waals surface area contributed by atoms with Gasteiger partial charge in [-0.3, -0.25) is 4.72 Å². The molecule has 8 nitrogen and oxygen atoms in total. The third-order valence-corrected chi connectivity index (χ3v) is 7.84. The van der Waals surface area contributed by atoms with Crippen molar-refractivity contribution in [2.24, 2.45) is 5.92 Å². The van der Waals surface area contributed by atoms with Crippen LogP contribution in [-0.4, -0.2) is 50.2 Å². The lowest BCUT2D eigenvalue weighted by molar-refractivity contribution is -0.105. The average molecular weight is 585 g/mol. The van der Waals surface area contributed by atoms with Crippen molar-refractivity contribution in [1.29, 1.82) is 0 Å². The second-order valence-electron chi connectivity index (χ2n) is 9.35. The number of anilines is 2. The van der Waals surface area contributed by atoms with Gasteiger partial charge in [-0.2, -0.15) is 13.2 Å². The van der Waals surface area contributed by atoms with E-state index in [4.69, 9.17) is 9.72 Å². The van der Waals surface area contributed by atoms with Crippen molar-refractivity contribution in [3.05, 3.63) is 53.0 Å². The highest BCUT2D eigenvalue weighted by molar-refractivity contribution is 8.11. The van der Waals surface area contributed by atoms with Crippen LogP contribution in [0.25, 0.3) is 4.91 Å². The maximum atomic E-state index is 12.6. The molecule has 3 atom stereocenters. The molecule has 1 aliphatic heterocycles. The molecular weight excluding hydrogens is 549 g/mol. The van der Waals surface area contributed by atoms with Crippen LogP contribution in [0.2, 0.25) is 0 Å². The Kier molecular flexibility index (Phi) is 11.2. The molecule has 0 spiro atoms. The number of rotatable bonds is 12. The number of alkyl halides is 3. The van der Waals surface area contributed by atoms with Gasteiger partial charge in [0.05, 0.1) is 16.3 Å². The molecule has 0 aliphatic carbocycles. The Labute approximate surface area is 234 Å². The summed E-state index contributed by atoms with van der Waals surface area (Å²) >= 11 is 1.45. The Morgan fingerprint density at radius 1 is 1.33 bits per heavy atom. The fraction of sp³-hybridized carbons (Fsp3) is 0.500. The number of halogens is 3. The number of allylic oxidation sites excluding steroid dienone is 2. The monoisotopic (exact) mass is 584 g/mol. The smallest absolute Gasteiger partial charge is 0.402 e. The third kappa shape index (κ3) is 9.80. The summed E-state index contributed by atoms with van der Waals surface area (Å²) in [5, 5.41) is 6.79. The van der Waals surface area contributed by atoms with Gasteiger partial charge in [-0.15, -0.1) is 0 Å². The minimum Gasteiger partial charge on any atom is -0.458 e. The molecule has 13 heteroatoms. The molecule has 3 rings (SSSR count). The number of aryl methyl sites for hydroxylation is 1. The Morgan fingerprint density at radius 2 is 2.10 bits per heavy atom. The summed E-state index contributed by atoms with van der Waals surface area (Å²) in [6.45, 7) is 13.6. The number of nitrogens with one attached hydrogen (secondary N) is 3. The van der Waals surface area contributed by atoms with Gasteiger partial charge in [-0.05, 0) is 62.8 Å². The molecule has 0 aromatic carbocycles. The number of hydrogen-bond acceptors (Lipinski definition) is 8. The molecule has 0 saturated carbocycles. The van der Waals surface area contributed by atoms with Crippen molar-refractivity contribution in [1.82, 2.24) is 20.3 Å². The van der Waals surface area contributed by atoms with Crippen LogP contribution < -0.4 is 20.1 Å². The normalized spacial score (nSPS) is 18.1. The molecule has 3 heterocycles. The first-order chi connectivity index (χ1) is 18.4. The maximum Gasteiger partial charge on any atom is 0.402 e. The maximum absolute atomic E-state index is 12.6. The fourth-order valence-electron chi connectivity index (χ4n) is 3.80. The first kappa shape index (κ1) is 30.9. The Bertz CT molecular complexity index is 1200. The van der Waals surface area contributed by atoms with E-state index in [1.54, 1.807) is 19.2 Å². The molecule has 3 N–H and O–H groups in total.